The number of halogens is 2. The van der Waals surface area contributed by atoms with E-state index in [2.05, 4.69) is 20.9 Å². The van der Waals surface area contributed by atoms with Crippen molar-refractivity contribution >= 4 is 50.9 Å². The Bertz CT molecular complexity index is 1530. The third kappa shape index (κ3) is 6.06. The first-order valence-electron chi connectivity index (χ1n) is 11.6. The first-order chi connectivity index (χ1) is 17.7. The Morgan fingerprint density at radius 3 is 2.62 bits per heavy atom. The first-order valence-corrected chi connectivity index (χ1v) is 13.6. The second kappa shape index (κ2) is 11.8. The molecule has 7 nitrogen and oxygen atoms in total. The van der Waals surface area contributed by atoms with Gasteiger partial charge in [0, 0.05) is 22.2 Å². The molecule has 0 amide bonds. The number of esters is 1. The van der Waals surface area contributed by atoms with Crippen molar-refractivity contribution in [3.63, 3.8) is 0 Å². The molecule has 0 fully saturated rings. The van der Waals surface area contributed by atoms with Crippen LogP contribution in [0.2, 0.25) is 5.02 Å². The van der Waals surface area contributed by atoms with Gasteiger partial charge in [-0.25, -0.2) is 9.79 Å². The third-order valence-electron chi connectivity index (χ3n) is 5.57. The molecule has 194 valence electrons. The molecular formula is C27H26BrClN2O5S. The van der Waals surface area contributed by atoms with Gasteiger partial charge in [0.15, 0.2) is 4.80 Å². The molecule has 10 heteroatoms. The standard InChI is InChI=1S/C27H26BrClN2O5S/c1-15(2)36-21-10-7-19(28)13-18(21)14-22-25(32)31-24(17-5-8-20(29)9-6-17)23(16(3)30-27(31)37-22)26(33)35-12-11-34-4/h5-10,13-15,24H,11-12H2,1-4H3. The van der Waals surface area contributed by atoms with Crippen molar-refractivity contribution in [2.75, 3.05) is 20.3 Å². The molecule has 0 N–H and O–H groups in total. The monoisotopic (exact) mass is 604 g/mol. The van der Waals surface area contributed by atoms with Crippen molar-refractivity contribution < 1.29 is 19.0 Å². The lowest BCUT2D eigenvalue weighted by atomic mass is 9.96. The summed E-state index contributed by atoms with van der Waals surface area (Å²) in [4.78, 5) is 32.1. The molecule has 37 heavy (non-hydrogen) atoms. The number of hydrogen-bond donors (Lipinski definition) is 0. The fourth-order valence-electron chi connectivity index (χ4n) is 3.97. The Morgan fingerprint density at radius 2 is 1.95 bits per heavy atom. The SMILES string of the molecule is COCCOC(=O)C1=C(C)N=c2sc(=Cc3cc(Br)ccc3OC(C)C)c(=O)n2C1c1ccc(Cl)cc1. The van der Waals surface area contributed by atoms with E-state index < -0.39 is 12.0 Å². The first kappa shape index (κ1) is 27.3. The number of hydrogen-bond acceptors (Lipinski definition) is 7. The smallest absolute Gasteiger partial charge is 0.338 e. The van der Waals surface area contributed by atoms with Crippen molar-refractivity contribution in [1.82, 2.24) is 4.57 Å². The van der Waals surface area contributed by atoms with Crippen LogP contribution < -0.4 is 19.6 Å². The maximum atomic E-state index is 13.8. The molecule has 0 saturated carbocycles. The molecule has 0 radical (unpaired) electrons. The fraction of sp³-hybridized carbons (Fsp3) is 0.296. The Balaban J connectivity index is 1.90. The van der Waals surface area contributed by atoms with E-state index in [4.69, 9.17) is 25.8 Å². The normalized spacial score (nSPS) is 15.5. The second-order valence-corrected chi connectivity index (χ2v) is 11.0. The van der Waals surface area contributed by atoms with Gasteiger partial charge < -0.3 is 14.2 Å². The van der Waals surface area contributed by atoms with Crippen LogP contribution in [-0.4, -0.2) is 37.0 Å². The number of methoxy groups -OCH3 is 1. The summed E-state index contributed by atoms with van der Waals surface area (Å²) in [6.07, 6.45) is 1.76. The average Bonchev–Trinajstić information content (AvgIpc) is 3.14. The van der Waals surface area contributed by atoms with Gasteiger partial charge in [-0.3, -0.25) is 9.36 Å². The van der Waals surface area contributed by atoms with Gasteiger partial charge in [0.1, 0.15) is 12.4 Å². The summed E-state index contributed by atoms with van der Waals surface area (Å²) < 4.78 is 19.3. The summed E-state index contributed by atoms with van der Waals surface area (Å²) in [5, 5.41) is 0.549. The lowest BCUT2D eigenvalue weighted by Crippen LogP contribution is -2.40. The van der Waals surface area contributed by atoms with Crippen LogP contribution in [0.15, 0.2) is 68.0 Å². The molecule has 1 aliphatic heterocycles. The van der Waals surface area contributed by atoms with Gasteiger partial charge in [0.05, 0.1) is 34.6 Å². The highest BCUT2D eigenvalue weighted by Gasteiger charge is 2.33. The average molecular weight is 606 g/mol. The topological polar surface area (TPSA) is 79.1 Å². The van der Waals surface area contributed by atoms with Gasteiger partial charge in [-0.2, -0.15) is 0 Å². The summed E-state index contributed by atoms with van der Waals surface area (Å²) in [6, 6.07) is 12.0. The van der Waals surface area contributed by atoms with Gasteiger partial charge in [0.2, 0.25) is 0 Å². The number of fused-ring (bicyclic) bond motifs is 1. The van der Waals surface area contributed by atoms with E-state index in [-0.39, 0.29) is 24.9 Å². The summed E-state index contributed by atoms with van der Waals surface area (Å²) in [5.41, 5.74) is 1.99. The van der Waals surface area contributed by atoms with E-state index in [9.17, 15) is 9.59 Å². The number of allylic oxidation sites excluding steroid dienone is 1. The predicted molar refractivity (Wildman–Crippen MR) is 148 cm³/mol. The van der Waals surface area contributed by atoms with Crippen molar-refractivity contribution in [3.8, 4) is 5.75 Å². The zero-order valence-electron chi connectivity index (χ0n) is 20.8. The molecule has 3 aromatic rings. The van der Waals surface area contributed by atoms with Crippen LogP contribution in [0.3, 0.4) is 0 Å². The minimum Gasteiger partial charge on any atom is -0.490 e. The number of aromatic nitrogens is 1. The van der Waals surface area contributed by atoms with Gasteiger partial charge in [-0.15, -0.1) is 0 Å². The van der Waals surface area contributed by atoms with E-state index in [0.29, 0.717) is 31.4 Å². The van der Waals surface area contributed by atoms with Crippen LogP contribution in [0.25, 0.3) is 6.08 Å². The number of rotatable bonds is 8. The van der Waals surface area contributed by atoms with Gasteiger partial charge >= 0.3 is 5.97 Å². The second-order valence-electron chi connectivity index (χ2n) is 8.61. The van der Waals surface area contributed by atoms with E-state index >= 15 is 0 Å². The zero-order valence-corrected chi connectivity index (χ0v) is 23.9. The molecule has 1 aromatic heterocycles. The van der Waals surface area contributed by atoms with E-state index in [1.807, 2.05) is 32.0 Å². The maximum Gasteiger partial charge on any atom is 0.338 e. The van der Waals surface area contributed by atoms with Gasteiger partial charge in [-0.1, -0.05) is 51.0 Å². The number of carbonyl (C=O) groups is 1. The minimum absolute atomic E-state index is 0.0335. The molecule has 0 saturated heterocycles. The number of nitrogens with zero attached hydrogens (tertiary/aromatic N) is 2. The Kier molecular flexibility index (Phi) is 8.69. The van der Waals surface area contributed by atoms with Crippen LogP contribution in [-0.2, 0) is 14.3 Å². The molecule has 0 bridgehead atoms. The van der Waals surface area contributed by atoms with Crippen LogP contribution in [0, 0.1) is 0 Å². The highest BCUT2D eigenvalue weighted by atomic mass is 79.9. The number of thiazole rings is 1. The zero-order chi connectivity index (χ0) is 26.7. The highest BCUT2D eigenvalue weighted by Crippen LogP contribution is 2.31. The maximum absolute atomic E-state index is 13.8. The van der Waals surface area contributed by atoms with Crippen LogP contribution in [0.1, 0.15) is 37.9 Å². The quantitative estimate of drug-likeness (QED) is 0.277. The largest absolute Gasteiger partial charge is 0.490 e. The number of benzene rings is 2. The van der Waals surface area contributed by atoms with Gasteiger partial charge in [-0.05, 0) is 62.7 Å². The lowest BCUT2D eigenvalue weighted by Gasteiger charge is -2.24. The van der Waals surface area contributed by atoms with Crippen molar-refractivity contribution in [2.45, 2.75) is 32.9 Å². The van der Waals surface area contributed by atoms with Crippen LogP contribution >= 0.6 is 38.9 Å². The van der Waals surface area contributed by atoms with E-state index in [0.717, 1.165) is 15.6 Å². The van der Waals surface area contributed by atoms with Crippen molar-refractivity contribution in [1.29, 1.82) is 0 Å². The summed E-state index contributed by atoms with van der Waals surface area (Å²) in [6.45, 7) is 5.99. The summed E-state index contributed by atoms with van der Waals surface area (Å²) in [5.74, 6) is 0.115. The molecule has 1 atom stereocenters. The molecular weight excluding hydrogens is 580 g/mol. The van der Waals surface area contributed by atoms with E-state index in [1.54, 1.807) is 41.8 Å². The Morgan fingerprint density at radius 1 is 1.22 bits per heavy atom. The Labute approximate surface area is 231 Å². The molecule has 4 rings (SSSR count). The lowest BCUT2D eigenvalue weighted by molar-refractivity contribution is -0.140. The molecule has 0 aliphatic carbocycles. The molecule has 2 heterocycles. The van der Waals surface area contributed by atoms with Crippen LogP contribution in [0.4, 0.5) is 0 Å². The molecule has 1 aliphatic rings. The number of carbonyl (C=O) groups excluding carboxylic acids is 1. The highest BCUT2D eigenvalue weighted by molar-refractivity contribution is 9.10. The van der Waals surface area contributed by atoms with Crippen molar-refractivity contribution in [3.05, 3.63) is 94.0 Å². The van der Waals surface area contributed by atoms with E-state index in [1.165, 1.54) is 18.4 Å². The molecule has 1 unspecified atom stereocenters. The third-order valence-corrected chi connectivity index (χ3v) is 7.30. The summed E-state index contributed by atoms with van der Waals surface area (Å²) >= 11 is 10.9. The molecule has 2 aromatic carbocycles. The van der Waals surface area contributed by atoms with Crippen LogP contribution in [0.5, 0.6) is 5.75 Å². The molecule has 0 spiro atoms. The predicted octanol–water partition coefficient (Wildman–Crippen LogP) is 4.63. The fourth-order valence-corrected chi connectivity index (χ4v) is 5.52. The number of ether oxygens (including phenoxy) is 3. The minimum atomic E-state index is -0.723. The summed E-state index contributed by atoms with van der Waals surface area (Å²) in [7, 11) is 1.53. The van der Waals surface area contributed by atoms with Crippen molar-refractivity contribution in [2.24, 2.45) is 4.99 Å². The van der Waals surface area contributed by atoms with Gasteiger partial charge in [0.25, 0.3) is 5.56 Å². The Hall–Kier alpha value is -2.72.